The zero-order valence-corrected chi connectivity index (χ0v) is 14.2. The standard InChI is InChI=1S/C18H20N4O4/c23-14-5-4-13(16(24)21-14)22-17(25)12-3-1-2-10(15(12)18(22)26)8-19-9-11-6-7-20-11/h1-3,11,13,19-20H,4-9H2,(H,21,23,24)/t11-,13?/m0/s1. The maximum Gasteiger partial charge on any atom is 0.262 e. The van der Waals surface area contributed by atoms with Crippen molar-refractivity contribution >= 4 is 23.6 Å². The summed E-state index contributed by atoms with van der Waals surface area (Å²) in [5.41, 5.74) is 1.42. The average molecular weight is 356 g/mol. The Morgan fingerprint density at radius 2 is 1.92 bits per heavy atom. The Bertz CT molecular complexity index is 802. The molecule has 0 radical (unpaired) electrons. The number of imide groups is 2. The van der Waals surface area contributed by atoms with Crippen LogP contribution in [0, 0.1) is 0 Å². The first kappa shape index (κ1) is 16.9. The van der Waals surface area contributed by atoms with Gasteiger partial charge in [-0.15, -0.1) is 0 Å². The van der Waals surface area contributed by atoms with Crippen molar-refractivity contribution in [2.75, 3.05) is 13.1 Å². The van der Waals surface area contributed by atoms with Gasteiger partial charge in [-0.25, -0.2) is 0 Å². The van der Waals surface area contributed by atoms with Crippen LogP contribution in [0.4, 0.5) is 0 Å². The van der Waals surface area contributed by atoms with Crippen LogP contribution in [0.3, 0.4) is 0 Å². The summed E-state index contributed by atoms with van der Waals surface area (Å²) in [6.07, 6.45) is 1.41. The molecule has 8 nitrogen and oxygen atoms in total. The van der Waals surface area contributed by atoms with Crippen LogP contribution in [-0.2, 0) is 16.1 Å². The topological polar surface area (TPSA) is 108 Å². The molecule has 0 spiro atoms. The number of amides is 4. The van der Waals surface area contributed by atoms with Crippen molar-refractivity contribution in [2.45, 2.75) is 37.9 Å². The minimum atomic E-state index is -0.930. The highest BCUT2D eigenvalue weighted by Gasteiger charge is 2.45. The monoisotopic (exact) mass is 356 g/mol. The molecular weight excluding hydrogens is 336 g/mol. The van der Waals surface area contributed by atoms with E-state index in [0.29, 0.717) is 23.7 Å². The number of benzene rings is 1. The van der Waals surface area contributed by atoms with Crippen LogP contribution in [0.5, 0.6) is 0 Å². The lowest BCUT2D eigenvalue weighted by Gasteiger charge is -2.28. The number of carbonyl (C=O) groups is 4. The van der Waals surface area contributed by atoms with Crippen molar-refractivity contribution in [1.82, 2.24) is 20.9 Å². The summed E-state index contributed by atoms with van der Waals surface area (Å²) in [6.45, 7) is 2.30. The van der Waals surface area contributed by atoms with E-state index in [4.69, 9.17) is 0 Å². The number of piperidine rings is 1. The van der Waals surface area contributed by atoms with Gasteiger partial charge in [0.15, 0.2) is 0 Å². The number of nitrogens with one attached hydrogen (secondary N) is 3. The third-order valence-corrected chi connectivity index (χ3v) is 5.19. The molecule has 1 aromatic rings. The summed E-state index contributed by atoms with van der Waals surface area (Å²) < 4.78 is 0. The lowest BCUT2D eigenvalue weighted by Crippen LogP contribution is -2.54. The third-order valence-electron chi connectivity index (χ3n) is 5.19. The summed E-state index contributed by atoms with van der Waals surface area (Å²) in [6, 6.07) is 4.69. The van der Waals surface area contributed by atoms with E-state index >= 15 is 0 Å². The highest BCUT2D eigenvalue weighted by Crippen LogP contribution is 2.29. The largest absolute Gasteiger partial charge is 0.313 e. The average Bonchev–Trinajstić information content (AvgIpc) is 2.82. The molecule has 0 aliphatic carbocycles. The molecule has 0 saturated carbocycles. The molecule has 3 aliphatic heterocycles. The SMILES string of the molecule is O=C1CCC(N2C(=O)c3cccc(CNC[C@@H]4CCN4)c3C2=O)C(=O)N1. The van der Waals surface area contributed by atoms with Gasteiger partial charge in [-0.05, 0) is 31.0 Å². The van der Waals surface area contributed by atoms with Crippen molar-refractivity contribution in [3.05, 3.63) is 34.9 Å². The molecule has 2 fully saturated rings. The lowest BCUT2D eigenvalue weighted by molar-refractivity contribution is -0.136. The smallest absolute Gasteiger partial charge is 0.262 e. The fourth-order valence-electron chi connectivity index (χ4n) is 3.64. The van der Waals surface area contributed by atoms with Crippen LogP contribution in [0.25, 0.3) is 0 Å². The van der Waals surface area contributed by atoms with Gasteiger partial charge in [-0.1, -0.05) is 12.1 Å². The van der Waals surface area contributed by atoms with E-state index in [1.165, 1.54) is 0 Å². The van der Waals surface area contributed by atoms with Crippen LogP contribution in [0.15, 0.2) is 18.2 Å². The molecule has 136 valence electrons. The highest BCUT2D eigenvalue weighted by molar-refractivity contribution is 6.24. The Kier molecular flexibility index (Phi) is 4.29. The number of rotatable bonds is 5. The summed E-state index contributed by atoms with van der Waals surface area (Å²) >= 11 is 0. The number of hydrogen-bond acceptors (Lipinski definition) is 6. The van der Waals surface area contributed by atoms with Gasteiger partial charge < -0.3 is 10.6 Å². The second-order valence-electron chi connectivity index (χ2n) is 6.86. The minimum Gasteiger partial charge on any atom is -0.313 e. The Balaban J connectivity index is 1.54. The first-order valence-electron chi connectivity index (χ1n) is 8.84. The maximum atomic E-state index is 12.9. The number of nitrogens with zero attached hydrogens (tertiary/aromatic N) is 1. The quantitative estimate of drug-likeness (QED) is 0.616. The van der Waals surface area contributed by atoms with Gasteiger partial charge in [0, 0.05) is 25.6 Å². The molecule has 1 aromatic carbocycles. The van der Waals surface area contributed by atoms with Crippen LogP contribution >= 0.6 is 0 Å². The van der Waals surface area contributed by atoms with Crippen LogP contribution in [-0.4, -0.2) is 53.7 Å². The summed E-state index contributed by atoms with van der Waals surface area (Å²) in [5, 5.41) is 8.81. The lowest BCUT2D eigenvalue weighted by atomic mass is 10.0. The predicted octanol–water partition coefficient (Wildman–Crippen LogP) is -0.461. The zero-order valence-electron chi connectivity index (χ0n) is 14.2. The van der Waals surface area contributed by atoms with Crippen LogP contribution < -0.4 is 16.0 Å². The Morgan fingerprint density at radius 1 is 1.12 bits per heavy atom. The molecule has 8 heteroatoms. The molecule has 2 atom stereocenters. The normalized spacial score (nSPS) is 25.2. The van der Waals surface area contributed by atoms with E-state index in [1.807, 2.05) is 6.07 Å². The molecule has 4 rings (SSSR count). The van der Waals surface area contributed by atoms with Crippen LogP contribution in [0.1, 0.15) is 45.5 Å². The van der Waals surface area contributed by atoms with Crippen molar-refractivity contribution in [2.24, 2.45) is 0 Å². The van der Waals surface area contributed by atoms with Gasteiger partial charge in [-0.3, -0.25) is 29.4 Å². The maximum absolute atomic E-state index is 12.9. The van der Waals surface area contributed by atoms with E-state index in [1.54, 1.807) is 12.1 Å². The summed E-state index contributed by atoms with van der Waals surface area (Å²) in [7, 11) is 0. The first-order chi connectivity index (χ1) is 12.6. The van der Waals surface area contributed by atoms with Crippen molar-refractivity contribution in [1.29, 1.82) is 0 Å². The van der Waals surface area contributed by atoms with Crippen molar-refractivity contribution in [3.63, 3.8) is 0 Å². The first-order valence-corrected chi connectivity index (χ1v) is 8.84. The molecular formula is C18H20N4O4. The third kappa shape index (κ3) is 2.81. The van der Waals surface area contributed by atoms with Gasteiger partial charge >= 0.3 is 0 Å². The number of fused-ring (bicyclic) bond motifs is 1. The molecule has 3 heterocycles. The van der Waals surface area contributed by atoms with Crippen molar-refractivity contribution < 1.29 is 19.2 Å². The van der Waals surface area contributed by atoms with Gasteiger partial charge in [0.05, 0.1) is 11.1 Å². The molecule has 3 aliphatic rings. The van der Waals surface area contributed by atoms with Gasteiger partial charge in [-0.2, -0.15) is 0 Å². The fourth-order valence-corrected chi connectivity index (χ4v) is 3.64. The second kappa shape index (κ2) is 6.62. The molecule has 1 unspecified atom stereocenters. The van der Waals surface area contributed by atoms with Crippen LogP contribution in [0.2, 0.25) is 0 Å². The highest BCUT2D eigenvalue weighted by atomic mass is 16.2. The zero-order chi connectivity index (χ0) is 18.3. The van der Waals surface area contributed by atoms with Crippen molar-refractivity contribution in [3.8, 4) is 0 Å². The van der Waals surface area contributed by atoms with Gasteiger partial charge in [0.25, 0.3) is 11.8 Å². The Labute approximate surface area is 150 Å². The van der Waals surface area contributed by atoms with E-state index in [2.05, 4.69) is 16.0 Å². The second-order valence-corrected chi connectivity index (χ2v) is 6.86. The number of hydrogen-bond donors (Lipinski definition) is 3. The predicted molar refractivity (Wildman–Crippen MR) is 91.2 cm³/mol. The minimum absolute atomic E-state index is 0.118. The molecule has 0 aromatic heterocycles. The summed E-state index contributed by atoms with van der Waals surface area (Å²) in [5.74, 6) is -1.90. The molecule has 0 bridgehead atoms. The van der Waals surface area contributed by atoms with E-state index in [9.17, 15) is 19.2 Å². The van der Waals surface area contributed by atoms with E-state index in [-0.39, 0.29) is 18.7 Å². The number of carbonyl (C=O) groups excluding carboxylic acids is 4. The molecule has 26 heavy (non-hydrogen) atoms. The van der Waals surface area contributed by atoms with Gasteiger partial charge in [0.2, 0.25) is 11.8 Å². The summed E-state index contributed by atoms with van der Waals surface area (Å²) in [4.78, 5) is 50.1. The fraction of sp³-hybridized carbons (Fsp3) is 0.444. The Morgan fingerprint density at radius 3 is 2.62 bits per heavy atom. The van der Waals surface area contributed by atoms with E-state index in [0.717, 1.165) is 30.0 Å². The van der Waals surface area contributed by atoms with E-state index < -0.39 is 23.8 Å². The molecule has 3 N–H and O–H groups in total. The molecule has 2 saturated heterocycles. The Hall–Kier alpha value is -2.58. The molecule has 4 amide bonds. The van der Waals surface area contributed by atoms with Gasteiger partial charge in [0.1, 0.15) is 6.04 Å².